The molecule has 10 heavy (non-hydrogen) atoms. The van der Waals surface area contributed by atoms with Gasteiger partial charge in [0.25, 0.3) is 0 Å². The second kappa shape index (κ2) is 2.10. The smallest absolute Gasteiger partial charge is 0.196 e. The summed E-state index contributed by atoms with van der Waals surface area (Å²) in [6, 6.07) is 0. The summed E-state index contributed by atoms with van der Waals surface area (Å²) in [6.07, 6.45) is 1.31. The van der Waals surface area contributed by atoms with E-state index in [0.29, 0.717) is 5.70 Å². The van der Waals surface area contributed by atoms with Gasteiger partial charge in [0.15, 0.2) is 9.84 Å². The molecule has 0 radical (unpaired) electrons. The number of hydrazine groups is 1. The molecule has 0 unspecified atom stereocenters. The molecule has 1 heterocycles. The van der Waals surface area contributed by atoms with Crippen molar-refractivity contribution >= 4 is 9.84 Å². The van der Waals surface area contributed by atoms with E-state index in [-0.39, 0.29) is 0 Å². The molecule has 0 bridgehead atoms. The van der Waals surface area contributed by atoms with Crippen molar-refractivity contribution in [3.63, 3.8) is 0 Å². The Morgan fingerprint density at radius 3 is 2.60 bits per heavy atom. The average Bonchev–Trinajstić information content (AvgIpc) is 1.79. The first-order chi connectivity index (χ1) is 4.51. The molecule has 0 atom stereocenters. The van der Waals surface area contributed by atoms with Crippen molar-refractivity contribution in [3.05, 3.63) is 22.7 Å². The third-order valence-electron chi connectivity index (χ3n) is 1.15. The van der Waals surface area contributed by atoms with Gasteiger partial charge < -0.3 is 0 Å². The lowest BCUT2D eigenvalue weighted by Gasteiger charge is -2.16. The first-order valence-electron chi connectivity index (χ1n) is 2.67. The molecule has 56 valence electrons. The Hall–Kier alpha value is -0.810. The van der Waals surface area contributed by atoms with E-state index in [9.17, 15) is 8.42 Å². The number of hydrogen-bond donors (Lipinski definition) is 1. The highest BCUT2D eigenvalue weighted by molar-refractivity contribution is 7.97. The number of nitrogens with two attached hydrogens (primary N) is 1. The van der Waals surface area contributed by atoms with Crippen LogP contribution in [0.1, 0.15) is 6.92 Å². The van der Waals surface area contributed by atoms with Gasteiger partial charge >= 0.3 is 0 Å². The zero-order chi connectivity index (χ0) is 7.78. The van der Waals surface area contributed by atoms with Crippen LogP contribution in [0.5, 0.6) is 0 Å². The zero-order valence-electron chi connectivity index (χ0n) is 5.48. The molecule has 4 nitrogen and oxygen atoms in total. The molecular formula is C5H8N2O2S. The molecule has 0 aromatic rings. The third kappa shape index (κ3) is 1.37. The van der Waals surface area contributed by atoms with Crippen LogP contribution < -0.4 is 5.84 Å². The Morgan fingerprint density at radius 1 is 1.60 bits per heavy atom. The molecule has 0 fully saturated rings. The van der Waals surface area contributed by atoms with Crippen molar-refractivity contribution in [2.24, 2.45) is 5.84 Å². The molecule has 0 aliphatic carbocycles. The minimum atomic E-state index is -3.13. The van der Waals surface area contributed by atoms with E-state index in [2.05, 4.69) is 0 Å². The number of sulfone groups is 1. The second-order valence-corrected chi connectivity index (χ2v) is 3.73. The molecule has 1 aliphatic rings. The fraction of sp³-hybridized carbons (Fsp3) is 0.200. The van der Waals surface area contributed by atoms with E-state index in [1.165, 1.54) is 11.2 Å². The maximum atomic E-state index is 10.8. The van der Waals surface area contributed by atoms with Crippen molar-refractivity contribution < 1.29 is 8.42 Å². The Bertz CT molecular complexity index is 289. The lowest BCUT2D eigenvalue weighted by Crippen LogP contribution is -2.25. The topological polar surface area (TPSA) is 63.4 Å². The highest BCUT2D eigenvalue weighted by atomic mass is 32.2. The van der Waals surface area contributed by atoms with Gasteiger partial charge in [-0.05, 0) is 6.92 Å². The highest BCUT2D eigenvalue weighted by Crippen LogP contribution is 2.09. The summed E-state index contributed by atoms with van der Waals surface area (Å²) in [4.78, 5) is 0. The summed E-state index contributed by atoms with van der Waals surface area (Å²) >= 11 is 0. The maximum Gasteiger partial charge on any atom is 0.196 e. The molecule has 2 N–H and O–H groups in total. The van der Waals surface area contributed by atoms with Gasteiger partial charge in [0, 0.05) is 11.9 Å². The predicted molar refractivity (Wildman–Crippen MR) is 37.8 cm³/mol. The average molecular weight is 160 g/mol. The molecule has 1 aliphatic heterocycles. The number of allylic oxidation sites excluding steroid dienone is 1. The van der Waals surface area contributed by atoms with E-state index < -0.39 is 9.84 Å². The van der Waals surface area contributed by atoms with Crippen molar-refractivity contribution in [2.45, 2.75) is 6.92 Å². The van der Waals surface area contributed by atoms with E-state index in [4.69, 9.17) is 5.84 Å². The molecule has 0 saturated carbocycles. The summed E-state index contributed by atoms with van der Waals surface area (Å²) in [7, 11) is -3.13. The lowest BCUT2D eigenvalue weighted by atomic mass is 10.5. The molecule has 5 heteroatoms. The van der Waals surface area contributed by atoms with Crippen LogP contribution in [0.25, 0.3) is 0 Å². The molecular weight excluding hydrogens is 152 g/mol. The summed E-state index contributed by atoms with van der Waals surface area (Å²) in [6.45, 7) is 1.63. The van der Waals surface area contributed by atoms with Gasteiger partial charge in [-0.15, -0.1) is 0 Å². The molecule has 0 saturated heterocycles. The number of rotatable bonds is 0. The fourth-order valence-electron chi connectivity index (χ4n) is 0.606. The Morgan fingerprint density at radius 2 is 2.20 bits per heavy atom. The van der Waals surface area contributed by atoms with Crippen LogP contribution in [0.15, 0.2) is 22.7 Å². The minimum absolute atomic E-state index is 0.516. The monoisotopic (exact) mass is 160 g/mol. The molecule has 1 rings (SSSR count). The van der Waals surface area contributed by atoms with Crippen LogP contribution in [-0.2, 0) is 9.84 Å². The van der Waals surface area contributed by atoms with Crippen molar-refractivity contribution in [1.29, 1.82) is 0 Å². The maximum absolute atomic E-state index is 10.8. The van der Waals surface area contributed by atoms with E-state index >= 15 is 0 Å². The molecule has 0 aromatic carbocycles. The van der Waals surface area contributed by atoms with Gasteiger partial charge in [0.2, 0.25) is 0 Å². The molecule has 0 aromatic heterocycles. The number of hydrogen-bond acceptors (Lipinski definition) is 4. The highest BCUT2D eigenvalue weighted by Gasteiger charge is 2.09. The minimum Gasteiger partial charge on any atom is -0.290 e. The lowest BCUT2D eigenvalue weighted by molar-refractivity contribution is 0.490. The first kappa shape index (κ1) is 7.30. The van der Waals surface area contributed by atoms with E-state index in [0.717, 1.165) is 10.8 Å². The quantitative estimate of drug-likeness (QED) is 0.503. The Kier molecular flexibility index (Phi) is 1.53. The Balaban J connectivity index is 3.08. The zero-order valence-corrected chi connectivity index (χ0v) is 6.30. The van der Waals surface area contributed by atoms with Crippen LogP contribution in [0.4, 0.5) is 0 Å². The standard InChI is InChI=1S/C5H8N2O2S/c1-5-4-10(8,9)3-2-7(5)6/h2-4H,6H2,1H3. The third-order valence-corrected chi connectivity index (χ3v) is 2.32. The number of nitrogens with zero attached hydrogens (tertiary/aromatic N) is 1. The van der Waals surface area contributed by atoms with Gasteiger partial charge in [-0.2, -0.15) is 0 Å². The van der Waals surface area contributed by atoms with Crippen molar-refractivity contribution in [1.82, 2.24) is 5.01 Å². The van der Waals surface area contributed by atoms with Crippen LogP contribution in [-0.4, -0.2) is 13.4 Å². The van der Waals surface area contributed by atoms with Gasteiger partial charge in [0.1, 0.15) is 0 Å². The summed E-state index contributed by atoms with van der Waals surface area (Å²) in [5.41, 5.74) is 0.516. The van der Waals surface area contributed by atoms with Crippen LogP contribution in [0.2, 0.25) is 0 Å². The fourth-order valence-corrected chi connectivity index (χ4v) is 1.58. The van der Waals surface area contributed by atoms with Crippen LogP contribution >= 0.6 is 0 Å². The van der Waals surface area contributed by atoms with Crippen molar-refractivity contribution in [2.75, 3.05) is 0 Å². The van der Waals surface area contributed by atoms with Gasteiger partial charge in [0.05, 0.1) is 10.8 Å². The largest absolute Gasteiger partial charge is 0.290 e. The normalized spacial score (nSPS) is 22.6. The van der Waals surface area contributed by atoms with Crippen molar-refractivity contribution in [3.8, 4) is 0 Å². The summed E-state index contributed by atoms with van der Waals surface area (Å²) in [5.74, 6) is 5.31. The summed E-state index contributed by atoms with van der Waals surface area (Å²) < 4.78 is 21.5. The van der Waals surface area contributed by atoms with E-state index in [1.807, 2.05) is 0 Å². The van der Waals surface area contributed by atoms with E-state index in [1.54, 1.807) is 6.92 Å². The molecule has 0 spiro atoms. The first-order valence-corrected chi connectivity index (χ1v) is 4.28. The van der Waals surface area contributed by atoms with Gasteiger partial charge in [-0.3, -0.25) is 5.01 Å². The SMILES string of the molecule is CC1=CS(=O)(=O)C=CN1N. The van der Waals surface area contributed by atoms with Gasteiger partial charge in [-0.25, -0.2) is 14.3 Å². The predicted octanol–water partition coefficient (Wildman–Crippen LogP) is -0.0770. The second-order valence-electron chi connectivity index (χ2n) is 2.04. The molecule has 0 amide bonds. The van der Waals surface area contributed by atoms with Crippen LogP contribution in [0.3, 0.4) is 0 Å². The Labute approximate surface area is 59.5 Å². The van der Waals surface area contributed by atoms with Gasteiger partial charge in [-0.1, -0.05) is 0 Å². The van der Waals surface area contributed by atoms with Crippen LogP contribution in [0, 0.1) is 0 Å². The summed E-state index contributed by atoms with van der Waals surface area (Å²) in [5, 5.41) is 3.42.